The van der Waals surface area contributed by atoms with Crippen LogP contribution >= 0.6 is 0 Å². The van der Waals surface area contributed by atoms with E-state index < -0.39 is 17.6 Å². The van der Waals surface area contributed by atoms with Gasteiger partial charge in [0.2, 0.25) is 0 Å². The van der Waals surface area contributed by atoms with Crippen LogP contribution in [0.25, 0.3) is 0 Å². The predicted molar refractivity (Wildman–Crippen MR) is 75.8 cm³/mol. The number of hydrogen-bond acceptors (Lipinski definition) is 2. The second kappa shape index (κ2) is 5.67. The molecule has 0 aliphatic heterocycles. The normalized spacial score (nSPS) is 11.3. The fourth-order valence-electron chi connectivity index (χ4n) is 1.89. The van der Waals surface area contributed by atoms with Gasteiger partial charge in [-0.25, -0.2) is 0 Å². The summed E-state index contributed by atoms with van der Waals surface area (Å²) >= 11 is 0. The van der Waals surface area contributed by atoms with Crippen molar-refractivity contribution in [2.24, 2.45) is 7.05 Å². The van der Waals surface area contributed by atoms with Crippen LogP contribution in [0.5, 0.6) is 0 Å². The van der Waals surface area contributed by atoms with Crippen molar-refractivity contribution in [2.75, 3.05) is 5.32 Å². The van der Waals surface area contributed by atoms with E-state index in [0.717, 1.165) is 12.1 Å². The topological polar surface area (TPSA) is 51.1 Å². The number of hydrogen-bond donors (Lipinski definition) is 1. The third-order valence-corrected chi connectivity index (χ3v) is 3.14. The molecule has 0 saturated heterocycles. The minimum atomic E-state index is -4.51. The van der Waals surface area contributed by atoms with Gasteiger partial charge in [0.1, 0.15) is 0 Å². The van der Waals surface area contributed by atoms with Gasteiger partial charge in [-0.15, -0.1) is 0 Å². The summed E-state index contributed by atoms with van der Waals surface area (Å²) in [7, 11) is 1.52. The first-order valence-electron chi connectivity index (χ1n) is 6.34. The summed E-state index contributed by atoms with van der Waals surface area (Å²) in [6, 6.07) is 5.48. The number of benzene rings is 1. The monoisotopic (exact) mass is 310 g/mol. The number of amides is 1. The molecule has 0 bridgehead atoms. The van der Waals surface area contributed by atoms with E-state index in [4.69, 9.17) is 0 Å². The first-order valence-corrected chi connectivity index (χ1v) is 6.34. The number of carbonyl (C=O) groups is 1. The zero-order valence-electron chi connectivity index (χ0n) is 11.9. The zero-order chi connectivity index (χ0) is 16.5. The van der Waals surface area contributed by atoms with Crippen molar-refractivity contribution in [3.63, 3.8) is 0 Å². The van der Waals surface area contributed by atoms with Crippen molar-refractivity contribution in [3.8, 4) is 0 Å². The zero-order valence-corrected chi connectivity index (χ0v) is 11.9. The quantitative estimate of drug-likeness (QED) is 0.927. The number of anilines is 1. The van der Waals surface area contributed by atoms with Crippen molar-refractivity contribution >= 4 is 11.6 Å². The van der Waals surface area contributed by atoms with Gasteiger partial charge in [0, 0.05) is 24.9 Å². The van der Waals surface area contributed by atoms with Crippen LogP contribution in [0.1, 0.15) is 21.5 Å². The minimum absolute atomic E-state index is 0.108. The third-order valence-electron chi connectivity index (χ3n) is 3.14. The number of rotatable bonds is 2. The van der Waals surface area contributed by atoms with Crippen molar-refractivity contribution < 1.29 is 18.0 Å². The molecule has 22 heavy (non-hydrogen) atoms. The van der Waals surface area contributed by atoms with Gasteiger partial charge in [-0.05, 0) is 30.7 Å². The molecule has 0 spiro atoms. The molecule has 0 atom stereocenters. The number of halogens is 3. The van der Waals surface area contributed by atoms with Gasteiger partial charge in [0.25, 0.3) is 11.5 Å². The second-order valence-corrected chi connectivity index (χ2v) is 4.85. The average Bonchev–Trinajstić information content (AvgIpc) is 2.44. The maximum atomic E-state index is 12.6. The summed E-state index contributed by atoms with van der Waals surface area (Å²) < 4.78 is 39.2. The Labute approximate surface area is 124 Å². The van der Waals surface area contributed by atoms with Crippen LogP contribution in [0.4, 0.5) is 18.9 Å². The molecule has 0 saturated carbocycles. The molecule has 7 heteroatoms. The van der Waals surface area contributed by atoms with Crippen LogP contribution in [-0.2, 0) is 13.2 Å². The summed E-state index contributed by atoms with van der Waals surface area (Å²) in [5.41, 5.74) is -0.345. The number of pyridine rings is 1. The summed E-state index contributed by atoms with van der Waals surface area (Å²) in [6.07, 6.45) is -3.09. The van der Waals surface area contributed by atoms with E-state index in [-0.39, 0.29) is 11.1 Å². The maximum Gasteiger partial charge on any atom is 0.416 e. The molecule has 0 radical (unpaired) electrons. The first kappa shape index (κ1) is 15.8. The van der Waals surface area contributed by atoms with E-state index in [1.165, 1.54) is 36.0 Å². The van der Waals surface area contributed by atoms with E-state index in [9.17, 15) is 22.8 Å². The number of nitrogens with one attached hydrogen (secondary N) is 1. The molecule has 0 fully saturated rings. The van der Waals surface area contributed by atoms with Gasteiger partial charge in [0.15, 0.2) is 0 Å². The molecule has 4 nitrogen and oxygen atoms in total. The molecular weight excluding hydrogens is 297 g/mol. The van der Waals surface area contributed by atoms with E-state index in [2.05, 4.69) is 5.32 Å². The second-order valence-electron chi connectivity index (χ2n) is 4.85. The molecule has 1 aromatic carbocycles. The van der Waals surface area contributed by atoms with Crippen LogP contribution in [-0.4, -0.2) is 10.5 Å². The SMILES string of the molecule is Cc1cc(=O)n(C)cc1NC(=O)c1cccc(C(F)(F)F)c1. The maximum absolute atomic E-state index is 12.6. The Bertz CT molecular complexity index is 779. The van der Waals surface area contributed by atoms with E-state index in [1.54, 1.807) is 6.92 Å². The van der Waals surface area contributed by atoms with Crippen LogP contribution < -0.4 is 10.9 Å². The molecule has 0 unspecified atom stereocenters. The Morgan fingerprint density at radius 1 is 1.23 bits per heavy atom. The Hall–Kier alpha value is -2.57. The average molecular weight is 310 g/mol. The lowest BCUT2D eigenvalue weighted by molar-refractivity contribution is -0.137. The van der Waals surface area contributed by atoms with Crippen molar-refractivity contribution in [3.05, 3.63) is 63.6 Å². The number of carbonyl (C=O) groups excluding carboxylic acids is 1. The fraction of sp³-hybridized carbons (Fsp3) is 0.200. The summed E-state index contributed by atoms with van der Waals surface area (Å²) in [5, 5.41) is 2.51. The molecule has 116 valence electrons. The smallest absolute Gasteiger partial charge is 0.320 e. The minimum Gasteiger partial charge on any atom is -0.320 e. The van der Waals surface area contributed by atoms with Crippen LogP contribution in [0, 0.1) is 6.92 Å². The number of alkyl halides is 3. The highest BCUT2D eigenvalue weighted by atomic mass is 19.4. The van der Waals surface area contributed by atoms with Gasteiger partial charge >= 0.3 is 6.18 Å². The van der Waals surface area contributed by atoms with Crippen molar-refractivity contribution in [1.29, 1.82) is 0 Å². The van der Waals surface area contributed by atoms with Gasteiger partial charge in [-0.2, -0.15) is 13.2 Å². The number of aromatic nitrogens is 1. The van der Waals surface area contributed by atoms with Crippen LogP contribution in [0.2, 0.25) is 0 Å². The molecular formula is C15H13F3N2O2. The molecule has 1 aromatic heterocycles. The lowest BCUT2D eigenvalue weighted by atomic mass is 10.1. The lowest BCUT2D eigenvalue weighted by Crippen LogP contribution is -2.20. The van der Waals surface area contributed by atoms with Gasteiger partial charge < -0.3 is 9.88 Å². The third kappa shape index (κ3) is 3.36. The predicted octanol–water partition coefficient (Wildman–Crippen LogP) is 2.96. The van der Waals surface area contributed by atoms with Crippen LogP contribution in [0.3, 0.4) is 0 Å². The summed E-state index contributed by atoms with van der Waals surface area (Å²) in [4.78, 5) is 23.5. The molecule has 0 aliphatic rings. The van der Waals surface area contributed by atoms with E-state index >= 15 is 0 Å². The standard InChI is InChI=1S/C15H13F3N2O2/c1-9-6-13(21)20(2)8-12(9)19-14(22)10-4-3-5-11(7-10)15(16,17)18/h3-8H,1-2H3,(H,19,22). The largest absolute Gasteiger partial charge is 0.416 e. The summed E-state index contributed by atoms with van der Waals surface area (Å²) in [5.74, 6) is -0.673. The Morgan fingerprint density at radius 3 is 2.55 bits per heavy atom. The lowest BCUT2D eigenvalue weighted by Gasteiger charge is -2.11. The first-order chi connectivity index (χ1) is 10.2. The van der Waals surface area contributed by atoms with E-state index in [1.807, 2.05) is 0 Å². The summed E-state index contributed by atoms with van der Waals surface area (Å²) in [6.45, 7) is 1.63. The Kier molecular flexibility index (Phi) is 4.07. The van der Waals surface area contributed by atoms with Gasteiger partial charge in [0.05, 0.1) is 11.3 Å². The number of nitrogens with zero attached hydrogens (tertiary/aromatic N) is 1. The highest BCUT2D eigenvalue weighted by molar-refractivity contribution is 6.04. The highest BCUT2D eigenvalue weighted by Crippen LogP contribution is 2.29. The fourth-order valence-corrected chi connectivity index (χ4v) is 1.89. The Balaban J connectivity index is 2.30. The van der Waals surface area contributed by atoms with Crippen LogP contribution in [0.15, 0.2) is 41.3 Å². The van der Waals surface area contributed by atoms with Gasteiger partial charge in [-0.3, -0.25) is 9.59 Å². The molecule has 2 aromatic rings. The molecule has 1 heterocycles. The molecule has 2 rings (SSSR count). The highest BCUT2D eigenvalue weighted by Gasteiger charge is 2.30. The number of aryl methyl sites for hydroxylation is 2. The molecule has 0 aliphatic carbocycles. The van der Waals surface area contributed by atoms with E-state index in [0.29, 0.717) is 11.3 Å². The molecule has 1 N–H and O–H groups in total. The Morgan fingerprint density at radius 2 is 1.91 bits per heavy atom. The van der Waals surface area contributed by atoms with Crippen molar-refractivity contribution in [2.45, 2.75) is 13.1 Å². The van der Waals surface area contributed by atoms with Gasteiger partial charge in [-0.1, -0.05) is 6.07 Å². The van der Waals surface area contributed by atoms with Crippen molar-refractivity contribution in [1.82, 2.24) is 4.57 Å². The molecule has 1 amide bonds.